The van der Waals surface area contributed by atoms with Crippen LogP contribution in [0.1, 0.15) is 41.3 Å². The number of aryl methyl sites for hydroxylation is 1. The minimum absolute atomic E-state index is 0.0475. The number of hydrogen-bond donors (Lipinski definition) is 1. The summed E-state index contributed by atoms with van der Waals surface area (Å²) in [6.07, 6.45) is 0.853. The number of thioether (sulfide) groups is 1. The molecule has 1 fully saturated rings. The Morgan fingerprint density at radius 1 is 1.44 bits per heavy atom. The van der Waals surface area contributed by atoms with E-state index in [0.29, 0.717) is 6.54 Å². The second-order valence-corrected chi connectivity index (χ2v) is 9.33. The molecule has 1 unspecified atom stereocenters. The molecule has 1 aliphatic heterocycles. The van der Waals surface area contributed by atoms with Crippen LogP contribution >= 0.6 is 23.1 Å². The van der Waals surface area contributed by atoms with Gasteiger partial charge in [-0.25, -0.2) is 4.98 Å². The van der Waals surface area contributed by atoms with Gasteiger partial charge in [0.2, 0.25) is 0 Å². The number of thiazole rings is 1. The molecule has 1 aromatic heterocycles. The molecule has 25 heavy (non-hydrogen) atoms. The van der Waals surface area contributed by atoms with Crippen LogP contribution < -0.4 is 5.73 Å². The van der Waals surface area contributed by atoms with Gasteiger partial charge in [0, 0.05) is 35.2 Å². The standard InChI is InChI=1S/C19H25N3OS2/c1-13-21-14(10-24-13)11-25-16-7-5-4-6-15(16)18(23)22-9-8-17(20)19(2,3)12-22/h4-7,10,17H,8-9,11-12,20H2,1-3H3. The van der Waals surface area contributed by atoms with Gasteiger partial charge in [-0.2, -0.15) is 0 Å². The number of aromatic nitrogens is 1. The molecule has 1 atom stereocenters. The van der Waals surface area contributed by atoms with E-state index in [1.54, 1.807) is 23.1 Å². The first-order chi connectivity index (χ1) is 11.9. The minimum Gasteiger partial charge on any atom is -0.338 e. The monoisotopic (exact) mass is 375 g/mol. The third-order valence-electron chi connectivity index (χ3n) is 4.76. The molecule has 0 radical (unpaired) electrons. The molecule has 0 aliphatic carbocycles. The van der Waals surface area contributed by atoms with Crippen molar-refractivity contribution >= 4 is 29.0 Å². The van der Waals surface area contributed by atoms with Crippen LogP contribution in [-0.4, -0.2) is 34.9 Å². The lowest BCUT2D eigenvalue weighted by Gasteiger charge is -2.42. The number of benzene rings is 1. The molecule has 2 heterocycles. The third-order valence-corrected chi connectivity index (χ3v) is 6.69. The maximum Gasteiger partial charge on any atom is 0.255 e. The molecule has 1 aliphatic rings. The average molecular weight is 376 g/mol. The van der Waals surface area contributed by atoms with E-state index in [2.05, 4.69) is 24.2 Å². The zero-order valence-corrected chi connectivity index (χ0v) is 16.6. The third kappa shape index (κ3) is 4.25. The number of likely N-dealkylation sites (tertiary alicyclic amines) is 1. The highest BCUT2D eigenvalue weighted by Gasteiger charge is 2.35. The van der Waals surface area contributed by atoms with Gasteiger partial charge in [-0.3, -0.25) is 4.79 Å². The average Bonchev–Trinajstić information content (AvgIpc) is 3.00. The van der Waals surface area contributed by atoms with Gasteiger partial charge in [0.15, 0.2) is 0 Å². The van der Waals surface area contributed by atoms with Gasteiger partial charge >= 0.3 is 0 Å². The highest BCUT2D eigenvalue weighted by molar-refractivity contribution is 7.98. The van der Waals surface area contributed by atoms with Crippen LogP contribution in [0.3, 0.4) is 0 Å². The summed E-state index contributed by atoms with van der Waals surface area (Å²) in [4.78, 5) is 20.6. The van der Waals surface area contributed by atoms with Gasteiger partial charge in [-0.15, -0.1) is 23.1 Å². The first kappa shape index (κ1) is 18.4. The summed E-state index contributed by atoms with van der Waals surface area (Å²) in [5.41, 5.74) is 8.01. The summed E-state index contributed by atoms with van der Waals surface area (Å²) >= 11 is 3.34. The fraction of sp³-hybridized carbons (Fsp3) is 0.474. The van der Waals surface area contributed by atoms with Gasteiger partial charge in [-0.1, -0.05) is 26.0 Å². The van der Waals surface area contributed by atoms with Crippen LogP contribution in [0.4, 0.5) is 0 Å². The number of amides is 1. The van der Waals surface area contributed by atoms with E-state index in [9.17, 15) is 4.79 Å². The lowest BCUT2D eigenvalue weighted by atomic mass is 9.79. The Hall–Kier alpha value is -1.37. The lowest BCUT2D eigenvalue weighted by Crippen LogP contribution is -2.54. The summed E-state index contributed by atoms with van der Waals surface area (Å²) in [6.45, 7) is 7.73. The van der Waals surface area contributed by atoms with E-state index < -0.39 is 0 Å². The summed E-state index contributed by atoms with van der Waals surface area (Å²) in [7, 11) is 0. The maximum atomic E-state index is 13.1. The van der Waals surface area contributed by atoms with Crippen LogP contribution in [0.5, 0.6) is 0 Å². The second kappa shape index (κ2) is 7.48. The number of carbonyl (C=O) groups is 1. The van der Waals surface area contributed by atoms with E-state index >= 15 is 0 Å². The van der Waals surface area contributed by atoms with Crippen molar-refractivity contribution in [2.75, 3.05) is 13.1 Å². The van der Waals surface area contributed by atoms with Gasteiger partial charge in [0.25, 0.3) is 5.91 Å². The van der Waals surface area contributed by atoms with E-state index in [0.717, 1.165) is 39.9 Å². The summed E-state index contributed by atoms with van der Waals surface area (Å²) in [5.74, 6) is 0.892. The predicted octanol–water partition coefficient (Wildman–Crippen LogP) is 3.94. The quantitative estimate of drug-likeness (QED) is 0.822. The Balaban J connectivity index is 1.74. The van der Waals surface area contributed by atoms with Gasteiger partial charge < -0.3 is 10.6 Å². The Kier molecular flexibility index (Phi) is 5.51. The number of carbonyl (C=O) groups excluding carboxylic acids is 1. The Morgan fingerprint density at radius 3 is 2.88 bits per heavy atom. The molecule has 0 bridgehead atoms. The van der Waals surface area contributed by atoms with Crippen LogP contribution in [-0.2, 0) is 5.75 Å². The number of hydrogen-bond acceptors (Lipinski definition) is 5. The molecular weight excluding hydrogens is 350 g/mol. The summed E-state index contributed by atoms with van der Waals surface area (Å²) < 4.78 is 0. The molecule has 1 saturated heterocycles. The largest absolute Gasteiger partial charge is 0.338 e. The van der Waals surface area contributed by atoms with Crippen molar-refractivity contribution in [3.05, 3.63) is 45.9 Å². The van der Waals surface area contributed by atoms with Crippen molar-refractivity contribution < 1.29 is 4.79 Å². The van der Waals surface area contributed by atoms with E-state index in [-0.39, 0.29) is 17.4 Å². The second-order valence-electron chi connectivity index (χ2n) is 7.25. The molecule has 3 rings (SSSR count). The molecule has 4 nitrogen and oxygen atoms in total. The van der Waals surface area contributed by atoms with E-state index in [1.165, 1.54) is 0 Å². The van der Waals surface area contributed by atoms with Crippen LogP contribution in [0.25, 0.3) is 0 Å². The highest BCUT2D eigenvalue weighted by Crippen LogP contribution is 2.31. The van der Waals surface area contributed by atoms with Crippen molar-refractivity contribution in [3.8, 4) is 0 Å². The minimum atomic E-state index is -0.0475. The van der Waals surface area contributed by atoms with Gasteiger partial charge in [0.1, 0.15) is 0 Å². The van der Waals surface area contributed by atoms with Crippen molar-refractivity contribution in [1.29, 1.82) is 0 Å². The molecular formula is C19H25N3OS2. The molecule has 0 saturated carbocycles. The van der Waals surface area contributed by atoms with Gasteiger partial charge in [0.05, 0.1) is 16.3 Å². The normalized spacial score (nSPS) is 19.8. The summed E-state index contributed by atoms with van der Waals surface area (Å²) in [6, 6.07) is 8.03. The molecule has 6 heteroatoms. The fourth-order valence-corrected chi connectivity index (χ4v) is 4.77. The Morgan fingerprint density at radius 2 is 2.20 bits per heavy atom. The number of nitrogens with two attached hydrogens (primary N) is 1. The smallest absolute Gasteiger partial charge is 0.255 e. The fourth-order valence-electron chi connectivity index (χ4n) is 3.11. The van der Waals surface area contributed by atoms with Crippen molar-refractivity contribution in [3.63, 3.8) is 0 Å². The first-order valence-electron chi connectivity index (χ1n) is 8.54. The van der Waals surface area contributed by atoms with Crippen LogP contribution in [0.15, 0.2) is 34.5 Å². The summed E-state index contributed by atoms with van der Waals surface area (Å²) in [5, 5.41) is 3.16. The topological polar surface area (TPSA) is 59.2 Å². The molecule has 2 aromatic rings. The lowest BCUT2D eigenvalue weighted by molar-refractivity contribution is 0.0529. The first-order valence-corrected chi connectivity index (χ1v) is 10.4. The van der Waals surface area contributed by atoms with Crippen molar-refractivity contribution in [2.45, 2.75) is 43.9 Å². The van der Waals surface area contributed by atoms with E-state index in [1.807, 2.05) is 36.1 Å². The Bertz CT molecular complexity index is 757. The molecule has 134 valence electrons. The SMILES string of the molecule is Cc1nc(CSc2ccccc2C(=O)N2CCC(N)C(C)(C)C2)cs1. The zero-order valence-electron chi connectivity index (χ0n) is 15.0. The number of piperidine rings is 1. The van der Waals surface area contributed by atoms with E-state index in [4.69, 9.17) is 5.73 Å². The van der Waals surface area contributed by atoms with Crippen molar-refractivity contribution in [2.24, 2.45) is 11.1 Å². The molecule has 1 amide bonds. The van der Waals surface area contributed by atoms with Gasteiger partial charge in [-0.05, 0) is 30.9 Å². The molecule has 0 spiro atoms. The predicted molar refractivity (Wildman–Crippen MR) is 105 cm³/mol. The number of nitrogens with zero attached hydrogens (tertiary/aromatic N) is 2. The molecule has 1 aromatic carbocycles. The van der Waals surface area contributed by atoms with Crippen LogP contribution in [0, 0.1) is 12.3 Å². The molecule has 2 N–H and O–H groups in total. The van der Waals surface area contributed by atoms with Crippen LogP contribution in [0.2, 0.25) is 0 Å². The Labute approximate surface area is 157 Å². The maximum absolute atomic E-state index is 13.1. The zero-order chi connectivity index (χ0) is 18.0. The van der Waals surface area contributed by atoms with Crippen molar-refractivity contribution in [1.82, 2.24) is 9.88 Å². The highest BCUT2D eigenvalue weighted by atomic mass is 32.2. The number of rotatable bonds is 4.